The van der Waals surface area contributed by atoms with Crippen molar-refractivity contribution in [3.63, 3.8) is 0 Å². The molecule has 0 saturated heterocycles. The van der Waals surface area contributed by atoms with Gasteiger partial charge < -0.3 is 4.98 Å². The molecule has 1 aliphatic carbocycles. The van der Waals surface area contributed by atoms with Crippen LogP contribution in [0.2, 0.25) is 0 Å². The molecule has 0 aromatic carbocycles. The predicted molar refractivity (Wildman–Crippen MR) is 77.0 cm³/mol. The fraction of sp³-hybridized carbons (Fsp3) is 0.562. The molecule has 2 atom stereocenters. The maximum absolute atomic E-state index is 4.44. The van der Waals surface area contributed by atoms with Gasteiger partial charge in [0.1, 0.15) is 5.82 Å². The van der Waals surface area contributed by atoms with Gasteiger partial charge in [-0.05, 0) is 18.3 Å². The quantitative estimate of drug-likeness (QED) is 0.833. The summed E-state index contributed by atoms with van der Waals surface area (Å²) in [5, 5.41) is 0. The number of aromatic nitrogens is 2. The van der Waals surface area contributed by atoms with Gasteiger partial charge in [-0.3, -0.25) is 0 Å². The molecule has 1 N–H and O–H groups in total. The molecule has 0 spiro atoms. The first-order chi connectivity index (χ1) is 8.54. The molecule has 0 bridgehead atoms. The third kappa shape index (κ3) is 2.43. The first-order valence-electron chi connectivity index (χ1n) is 6.93. The molecule has 0 saturated carbocycles. The highest BCUT2D eigenvalue weighted by Gasteiger charge is 2.36. The summed E-state index contributed by atoms with van der Waals surface area (Å²) < 4.78 is 0. The molecule has 18 heavy (non-hydrogen) atoms. The zero-order chi connectivity index (χ0) is 13.2. The van der Waals surface area contributed by atoms with Gasteiger partial charge in [0, 0.05) is 23.4 Å². The standard InChI is InChI=1S/C16H24N2/c1-12(2)8-9-16(4)13(3)6-5-7-14(16)15-17-10-11-18-15/h5-7,10-13H,8-9H2,1-4H3,(H,17,18). The Hall–Kier alpha value is -1.31. The van der Waals surface area contributed by atoms with Crippen molar-refractivity contribution in [3.8, 4) is 0 Å². The minimum absolute atomic E-state index is 0.191. The summed E-state index contributed by atoms with van der Waals surface area (Å²) in [4.78, 5) is 7.70. The third-order valence-electron chi connectivity index (χ3n) is 4.28. The van der Waals surface area contributed by atoms with E-state index in [1.165, 1.54) is 18.4 Å². The van der Waals surface area contributed by atoms with Crippen LogP contribution in [0.3, 0.4) is 0 Å². The monoisotopic (exact) mass is 244 g/mol. The van der Waals surface area contributed by atoms with Gasteiger partial charge in [-0.15, -0.1) is 0 Å². The van der Waals surface area contributed by atoms with E-state index < -0.39 is 0 Å². The van der Waals surface area contributed by atoms with Crippen molar-refractivity contribution < 1.29 is 0 Å². The second kappa shape index (κ2) is 5.13. The Balaban J connectivity index is 2.29. The largest absolute Gasteiger partial charge is 0.345 e. The average molecular weight is 244 g/mol. The minimum Gasteiger partial charge on any atom is -0.345 e. The lowest BCUT2D eigenvalue weighted by Crippen LogP contribution is -2.28. The maximum Gasteiger partial charge on any atom is 0.133 e. The van der Waals surface area contributed by atoms with Crippen LogP contribution in [-0.4, -0.2) is 9.97 Å². The molecular formula is C16H24N2. The van der Waals surface area contributed by atoms with Crippen LogP contribution >= 0.6 is 0 Å². The highest BCUT2D eigenvalue weighted by molar-refractivity contribution is 5.68. The lowest BCUT2D eigenvalue weighted by Gasteiger charge is -2.38. The maximum atomic E-state index is 4.44. The SMILES string of the molecule is CC(C)CCC1(C)C(c2ncc[nH]2)=CC=CC1C. The molecule has 2 heteroatoms. The van der Waals surface area contributed by atoms with Crippen molar-refractivity contribution in [2.24, 2.45) is 17.3 Å². The van der Waals surface area contributed by atoms with Crippen LogP contribution in [0.4, 0.5) is 0 Å². The summed E-state index contributed by atoms with van der Waals surface area (Å²) in [5.41, 5.74) is 1.54. The van der Waals surface area contributed by atoms with Gasteiger partial charge in [0.2, 0.25) is 0 Å². The molecule has 0 amide bonds. The molecule has 0 aliphatic heterocycles. The molecule has 2 rings (SSSR count). The number of hydrogen-bond acceptors (Lipinski definition) is 1. The Morgan fingerprint density at radius 2 is 2.22 bits per heavy atom. The van der Waals surface area contributed by atoms with Crippen molar-refractivity contribution in [2.45, 2.75) is 40.5 Å². The zero-order valence-corrected chi connectivity index (χ0v) is 11.9. The van der Waals surface area contributed by atoms with Crippen LogP contribution in [-0.2, 0) is 0 Å². The normalized spacial score (nSPS) is 27.6. The third-order valence-corrected chi connectivity index (χ3v) is 4.28. The number of imidazole rings is 1. The Kier molecular flexibility index (Phi) is 3.74. The summed E-state index contributed by atoms with van der Waals surface area (Å²) in [6.07, 6.45) is 12.9. The zero-order valence-electron chi connectivity index (χ0n) is 11.9. The Labute approximate surface area is 110 Å². The van der Waals surface area contributed by atoms with Gasteiger partial charge >= 0.3 is 0 Å². The number of hydrogen-bond donors (Lipinski definition) is 1. The van der Waals surface area contributed by atoms with Crippen LogP contribution in [0.25, 0.3) is 5.57 Å². The van der Waals surface area contributed by atoms with Crippen molar-refractivity contribution in [3.05, 3.63) is 36.4 Å². The lowest BCUT2D eigenvalue weighted by atomic mass is 9.66. The molecule has 98 valence electrons. The van der Waals surface area contributed by atoms with Gasteiger partial charge in [-0.25, -0.2) is 4.98 Å². The number of H-pyrrole nitrogens is 1. The number of nitrogens with one attached hydrogen (secondary N) is 1. The molecule has 1 aromatic heterocycles. The molecule has 0 radical (unpaired) electrons. The van der Waals surface area contributed by atoms with Gasteiger partial charge in [0.25, 0.3) is 0 Å². The number of rotatable bonds is 4. The molecule has 1 heterocycles. The predicted octanol–water partition coefficient (Wildman–Crippen LogP) is 4.44. The summed E-state index contributed by atoms with van der Waals surface area (Å²) in [5.74, 6) is 2.33. The van der Waals surface area contributed by atoms with E-state index in [2.05, 4.69) is 55.9 Å². The van der Waals surface area contributed by atoms with Crippen LogP contribution in [0.15, 0.2) is 30.6 Å². The van der Waals surface area contributed by atoms with E-state index >= 15 is 0 Å². The Morgan fingerprint density at radius 1 is 1.44 bits per heavy atom. The van der Waals surface area contributed by atoms with Crippen molar-refractivity contribution >= 4 is 5.57 Å². The number of nitrogens with zero attached hydrogens (tertiary/aromatic N) is 1. The summed E-state index contributed by atoms with van der Waals surface area (Å²) >= 11 is 0. The Morgan fingerprint density at radius 3 is 2.83 bits per heavy atom. The first-order valence-corrected chi connectivity index (χ1v) is 6.93. The van der Waals surface area contributed by atoms with Crippen LogP contribution < -0.4 is 0 Å². The second-order valence-corrected chi connectivity index (χ2v) is 6.04. The van der Waals surface area contributed by atoms with E-state index in [1.807, 2.05) is 12.4 Å². The van der Waals surface area contributed by atoms with Gasteiger partial charge in [0.05, 0.1) is 0 Å². The minimum atomic E-state index is 0.191. The molecule has 1 aromatic rings. The van der Waals surface area contributed by atoms with E-state index in [0.29, 0.717) is 5.92 Å². The van der Waals surface area contributed by atoms with Crippen LogP contribution in [0.1, 0.15) is 46.4 Å². The summed E-state index contributed by atoms with van der Waals surface area (Å²) in [6, 6.07) is 0. The van der Waals surface area contributed by atoms with E-state index in [1.54, 1.807) is 0 Å². The fourth-order valence-electron chi connectivity index (χ4n) is 2.68. The average Bonchev–Trinajstić information content (AvgIpc) is 2.84. The number of allylic oxidation sites excluding steroid dienone is 4. The van der Waals surface area contributed by atoms with E-state index in [-0.39, 0.29) is 5.41 Å². The molecule has 0 fully saturated rings. The summed E-state index contributed by atoms with van der Waals surface area (Å²) in [6.45, 7) is 9.27. The van der Waals surface area contributed by atoms with Gasteiger partial charge in [-0.2, -0.15) is 0 Å². The number of aromatic amines is 1. The van der Waals surface area contributed by atoms with Crippen molar-refractivity contribution in [1.29, 1.82) is 0 Å². The van der Waals surface area contributed by atoms with Gasteiger partial charge in [0.15, 0.2) is 0 Å². The Bertz CT molecular complexity index is 440. The van der Waals surface area contributed by atoms with E-state index in [0.717, 1.165) is 11.7 Å². The van der Waals surface area contributed by atoms with Gasteiger partial charge in [-0.1, -0.05) is 52.3 Å². The van der Waals surface area contributed by atoms with E-state index in [9.17, 15) is 0 Å². The van der Waals surface area contributed by atoms with Crippen molar-refractivity contribution in [2.75, 3.05) is 0 Å². The molecule has 1 aliphatic rings. The first kappa shape index (κ1) is 13.1. The highest BCUT2D eigenvalue weighted by atomic mass is 14.9. The summed E-state index contributed by atoms with van der Waals surface area (Å²) in [7, 11) is 0. The molecule has 2 nitrogen and oxygen atoms in total. The topological polar surface area (TPSA) is 28.7 Å². The van der Waals surface area contributed by atoms with Crippen molar-refractivity contribution in [1.82, 2.24) is 9.97 Å². The van der Waals surface area contributed by atoms with Crippen LogP contribution in [0, 0.1) is 17.3 Å². The van der Waals surface area contributed by atoms with Crippen LogP contribution in [0.5, 0.6) is 0 Å². The van der Waals surface area contributed by atoms with E-state index in [4.69, 9.17) is 0 Å². The fourth-order valence-corrected chi connectivity index (χ4v) is 2.68. The molecule has 2 unspecified atom stereocenters. The lowest BCUT2D eigenvalue weighted by molar-refractivity contribution is 0.289. The highest BCUT2D eigenvalue weighted by Crippen LogP contribution is 2.47. The second-order valence-electron chi connectivity index (χ2n) is 6.04. The smallest absolute Gasteiger partial charge is 0.133 e. The molecular weight excluding hydrogens is 220 g/mol.